The summed E-state index contributed by atoms with van der Waals surface area (Å²) in [7, 11) is 6.72. The van der Waals surface area contributed by atoms with Gasteiger partial charge in [-0.15, -0.1) is 0 Å². The van der Waals surface area contributed by atoms with Crippen LogP contribution >= 0.6 is 0 Å². The molecule has 0 atom stereocenters. The molecule has 0 aromatic heterocycles. The third-order valence-electron chi connectivity index (χ3n) is 5.22. The fourth-order valence-electron chi connectivity index (χ4n) is 3.81. The van der Waals surface area contributed by atoms with Crippen LogP contribution in [-0.4, -0.2) is 28.4 Å². The zero-order chi connectivity index (χ0) is 21.1. The van der Waals surface area contributed by atoms with Crippen LogP contribution in [0.4, 0.5) is 0 Å². The fourth-order valence-corrected chi connectivity index (χ4v) is 3.81. The van der Waals surface area contributed by atoms with Gasteiger partial charge in [0.15, 0.2) is 11.5 Å². The molecule has 0 fully saturated rings. The number of rotatable bonds is 6. The van der Waals surface area contributed by atoms with Crippen molar-refractivity contribution >= 4 is 0 Å². The van der Waals surface area contributed by atoms with Gasteiger partial charge in [-0.3, -0.25) is 0 Å². The lowest BCUT2D eigenvalue weighted by Gasteiger charge is -2.21. The zero-order valence-electron chi connectivity index (χ0n) is 18.2. The van der Waals surface area contributed by atoms with E-state index in [1.165, 1.54) is 0 Å². The van der Waals surface area contributed by atoms with E-state index in [1.54, 1.807) is 28.4 Å². The van der Waals surface area contributed by atoms with Crippen molar-refractivity contribution in [2.75, 3.05) is 28.4 Å². The molecule has 0 N–H and O–H groups in total. The largest absolute Gasteiger partial charge is 0.496 e. The van der Waals surface area contributed by atoms with E-state index in [9.17, 15) is 0 Å². The van der Waals surface area contributed by atoms with Crippen molar-refractivity contribution in [1.82, 2.24) is 0 Å². The summed E-state index contributed by atoms with van der Waals surface area (Å²) in [6.45, 7) is 6.12. The Labute approximate surface area is 173 Å². The van der Waals surface area contributed by atoms with Crippen molar-refractivity contribution in [3.8, 4) is 45.3 Å². The monoisotopic (exact) mass is 392 g/mol. The Morgan fingerprint density at radius 2 is 1.03 bits per heavy atom. The predicted molar refractivity (Wildman–Crippen MR) is 118 cm³/mol. The summed E-state index contributed by atoms with van der Waals surface area (Å²) in [4.78, 5) is 0. The summed E-state index contributed by atoms with van der Waals surface area (Å²) >= 11 is 0. The second-order valence-corrected chi connectivity index (χ2v) is 7.05. The van der Waals surface area contributed by atoms with Gasteiger partial charge in [-0.25, -0.2) is 0 Å². The first kappa shape index (κ1) is 20.6. The highest BCUT2D eigenvalue weighted by Gasteiger charge is 2.21. The van der Waals surface area contributed by atoms with Crippen LogP contribution in [0.25, 0.3) is 22.3 Å². The second-order valence-electron chi connectivity index (χ2n) is 7.05. The van der Waals surface area contributed by atoms with Crippen molar-refractivity contribution in [2.24, 2.45) is 0 Å². The minimum absolute atomic E-state index is 0.723. The molecule has 0 spiro atoms. The third kappa shape index (κ3) is 3.75. The van der Waals surface area contributed by atoms with Crippen molar-refractivity contribution < 1.29 is 18.9 Å². The first-order valence-corrected chi connectivity index (χ1v) is 9.50. The van der Waals surface area contributed by atoms with Crippen molar-refractivity contribution in [3.63, 3.8) is 0 Å². The maximum atomic E-state index is 5.86. The van der Waals surface area contributed by atoms with E-state index in [0.29, 0.717) is 0 Å². The van der Waals surface area contributed by atoms with Crippen LogP contribution in [0.3, 0.4) is 0 Å². The lowest BCUT2D eigenvalue weighted by atomic mass is 9.90. The van der Waals surface area contributed by atoms with Crippen LogP contribution in [0, 0.1) is 20.8 Å². The van der Waals surface area contributed by atoms with Gasteiger partial charge < -0.3 is 18.9 Å². The maximum absolute atomic E-state index is 5.86. The van der Waals surface area contributed by atoms with Crippen molar-refractivity contribution in [3.05, 3.63) is 59.2 Å². The highest BCUT2D eigenvalue weighted by molar-refractivity contribution is 5.91. The Kier molecular flexibility index (Phi) is 6.02. The molecular weight excluding hydrogens is 364 g/mol. The number of hydrogen-bond donors (Lipinski definition) is 0. The standard InChI is InChI=1S/C25H28O4/c1-15-12-18(8-10-21(15)26-4)20-14-17(3)24(28-6)25(29-7)23(20)19-9-11-22(27-5)16(2)13-19/h8-14H,1-7H3. The molecule has 0 aliphatic rings. The molecule has 3 aromatic rings. The predicted octanol–water partition coefficient (Wildman–Crippen LogP) is 5.98. The summed E-state index contributed by atoms with van der Waals surface area (Å²) in [5, 5.41) is 0. The number of hydrogen-bond acceptors (Lipinski definition) is 4. The van der Waals surface area contributed by atoms with E-state index in [2.05, 4.69) is 30.3 Å². The van der Waals surface area contributed by atoms with Crippen molar-refractivity contribution in [1.29, 1.82) is 0 Å². The van der Waals surface area contributed by atoms with E-state index < -0.39 is 0 Å². The van der Waals surface area contributed by atoms with Crippen LogP contribution < -0.4 is 18.9 Å². The molecule has 4 heteroatoms. The molecule has 3 aromatic carbocycles. The van der Waals surface area contributed by atoms with Crippen LogP contribution in [-0.2, 0) is 0 Å². The summed E-state index contributed by atoms with van der Waals surface area (Å²) in [5.41, 5.74) is 7.36. The van der Waals surface area contributed by atoms with E-state index in [0.717, 1.165) is 61.9 Å². The highest BCUT2D eigenvalue weighted by atomic mass is 16.5. The smallest absolute Gasteiger partial charge is 0.169 e. The lowest BCUT2D eigenvalue weighted by molar-refractivity contribution is 0.354. The van der Waals surface area contributed by atoms with Gasteiger partial charge in [-0.05, 0) is 84.5 Å². The van der Waals surface area contributed by atoms with E-state index in [-0.39, 0.29) is 0 Å². The molecule has 0 aliphatic heterocycles. The molecule has 0 saturated carbocycles. The van der Waals surface area contributed by atoms with Gasteiger partial charge in [0.25, 0.3) is 0 Å². The van der Waals surface area contributed by atoms with Gasteiger partial charge in [0.2, 0.25) is 0 Å². The molecule has 0 saturated heterocycles. The van der Waals surface area contributed by atoms with E-state index in [4.69, 9.17) is 18.9 Å². The first-order chi connectivity index (χ1) is 13.9. The Hall–Kier alpha value is -3.14. The molecule has 0 aliphatic carbocycles. The molecule has 3 rings (SSSR count). The van der Waals surface area contributed by atoms with Crippen molar-refractivity contribution in [2.45, 2.75) is 20.8 Å². The summed E-state index contributed by atoms with van der Waals surface area (Å²) in [5.74, 6) is 3.19. The Morgan fingerprint density at radius 1 is 0.517 bits per heavy atom. The molecule has 0 radical (unpaired) electrons. The molecule has 0 heterocycles. The number of aryl methyl sites for hydroxylation is 3. The molecule has 0 unspecified atom stereocenters. The lowest BCUT2D eigenvalue weighted by Crippen LogP contribution is -1.99. The van der Waals surface area contributed by atoms with Crippen LogP contribution in [0.15, 0.2) is 42.5 Å². The summed E-state index contributed by atoms with van der Waals surface area (Å²) < 4.78 is 22.4. The minimum atomic E-state index is 0.723. The SMILES string of the molecule is COc1ccc(-c2cc(C)c(OC)c(OC)c2-c2ccc(OC)c(C)c2)cc1C. The van der Waals surface area contributed by atoms with E-state index >= 15 is 0 Å². The average Bonchev–Trinajstić information content (AvgIpc) is 2.72. The van der Waals surface area contributed by atoms with Crippen LogP contribution in [0.5, 0.6) is 23.0 Å². The normalized spacial score (nSPS) is 10.6. The molecule has 0 bridgehead atoms. The third-order valence-corrected chi connectivity index (χ3v) is 5.22. The Bertz CT molecular complexity index is 1040. The summed E-state index contributed by atoms with van der Waals surface area (Å²) in [6, 6.07) is 14.5. The number of ether oxygens (including phenoxy) is 4. The second kappa shape index (κ2) is 8.48. The molecule has 4 nitrogen and oxygen atoms in total. The first-order valence-electron chi connectivity index (χ1n) is 9.50. The highest BCUT2D eigenvalue weighted by Crippen LogP contribution is 2.47. The van der Waals surface area contributed by atoms with Crippen LogP contribution in [0.1, 0.15) is 16.7 Å². The minimum Gasteiger partial charge on any atom is -0.496 e. The topological polar surface area (TPSA) is 36.9 Å². The average molecular weight is 392 g/mol. The maximum Gasteiger partial charge on any atom is 0.169 e. The molecule has 0 amide bonds. The van der Waals surface area contributed by atoms with Gasteiger partial charge in [-0.1, -0.05) is 12.1 Å². The number of methoxy groups -OCH3 is 4. The fraction of sp³-hybridized carbons (Fsp3) is 0.280. The number of benzene rings is 3. The Balaban J connectivity index is 2.35. The van der Waals surface area contributed by atoms with E-state index in [1.807, 2.05) is 32.9 Å². The quantitative estimate of drug-likeness (QED) is 0.517. The van der Waals surface area contributed by atoms with Crippen LogP contribution in [0.2, 0.25) is 0 Å². The summed E-state index contributed by atoms with van der Waals surface area (Å²) in [6.07, 6.45) is 0. The Morgan fingerprint density at radius 3 is 1.52 bits per heavy atom. The van der Waals surface area contributed by atoms with Gasteiger partial charge in [-0.2, -0.15) is 0 Å². The molecule has 29 heavy (non-hydrogen) atoms. The molecular formula is C25H28O4. The van der Waals surface area contributed by atoms with Gasteiger partial charge in [0.1, 0.15) is 11.5 Å². The van der Waals surface area contributed by atoms with Gasteiger partial charge in [0.05, 0.1) is 28.4 Å². The molecule has 152 valence electrons. The zero-order valence-corrected chi connectivity index (χ0v) is 18.2. The van der Waals surface area contributed by atoms with Gasteiger partial charge in [0, 0.05) is 5.56 Å². The van der Waals surface area contributed by atoms with Gasteiger partial charge >= 0.3 is 0 Å².